The molecule has 3 rings (SSSR count). The number of aromatic nitrogens is 5. The van der Waals surface area contributed by atoms with Crippen LogP contribution in [0.15, 0.2) is 31.0 Å². The summed E-state index contributed by atoms with van der Waals surface area (Å²) in [4.78, 5) is 6.53. The van der Waals surface area contributed by atoms with Crippen molar-refractivity contribution < 1.29 is 4.11 Å². The minimum Gasteiger partial charge on any atom is -0.355 e. The highest BCUT2D eigenvalue weighted by molar-refractivity contribution is 5.77. The zero-order chi connectivity index (χ0) is 16.6. The lowest BCUT2D eigenvalue weighted by Gasteiger charge is -2.19. The summed E-state index contributed by atoms with van der Waals surface area (Å²) in [6.45, 7) is 3.57. The van der Waals surface area contributed by atoms with E-state index in [1.54, 1.807) is 10.7 Å². The Morgan fingerprint density at radius 1 is 1.20 bits per heavy atom. The van der Waals surface area contributed by atoms with Crippen molar-refractivity contribution in [2.75, 3.05) is 18.0 Å². The van der Waals surface area contributed by atoms with Gasteiger partial charge in [0.1, 0.15) is 11.8 Å². The highest BCUT2D eigenvalue weighted by Crippen LogP contribution is 2.26. The molecule has 3 aromatic heterocycles. The topological polar surface area (TPSA) is 51.2 Å². The van der Waals surface area contributed by atoms with Gasteiger partial charge in [-0.05, 0) is 19.9 Å². The average Bonchev–Trinajstić information content (AvgIpc) is 3.15. The molecule has 0 aliphatic carbocycles. The molecule has 6 nitrogen and oxygen atoms in total. The van der Waals surface area contributed by atoms with E-state index in [0.717, 1.165) is 40.2 Å². The summed E-state index contributed by atoms with van der Waals surface area (Å²) in [5.41, 5.74) is 2.47. The van der Waals surface area contributed by atoms with Crippen molar-refractivity contribution in [3.63, 3.8) is 0 Å². The van der Waals surface area contributed by atoms with Crippen LogP contribution in [0.1, 0.15) is 18.0 Å². The molecule has 0 N–H and O–H groups in total. The lowest BCUT2D eigenvalue weighted by Crippen LogP contribution is -2.23. The molecule has 6 heteroatoms. The molecule has 0 aliphatic heterocycles. The highest BCUT2D eigenvalue weighted by Gasteiger charge is 2.12. The SMILES string of the molecule is [2H]C([2H])([2H])n1cc(-c2cc3c(N(CC)CC)ncnn3c2)cn1. The first kappa shape index (κ1) is 9.52. The fourth-order valence-electron chi connectivity index (χ4n) is 2.31. The smallest absolute Gasteiger partial charge is 0.156 e. The molecule has 0 aliphatic rings. The molecular weight excluding hydrogens is 252 g/mol. The number of hydrogen-bond acceptors (Lipinski definition) is 4. The molecule has 3 aromatic rings. The van der Waals surface area contributed by atoms with Crippen molar-refractivity contribution in [1.82, 2.24) is 24.4 Å². The van der Waals surface area contributed by atoms with Crippen LogP contribution in [-0.2, 0) is 6.98 Å². The van der Waals surface area contributed by atoms with Crippen LogP contribution in [0.2, 0.25) is 0 Å². The zero-order valence-corrected chi connectivity index (χ0v) is 11.5. The minimum atomic E-state index is -2.27. The number of anilines is 1. The van der Waals surface area contributed by atoms with Gasteiger partial charge in [0.05, 0.1) is 6.20 Å². The molecule has 0 saturated heterocycles. The van der Waals surface area contributed by atoms with Crippen molar-refractivity contribution in [2.45, 2.75) is 13.8 Å². The molecule has 0 bridgehead atoms. The van der Waals surface area contributed by atoms with Gasteiger partial charge < -0.3 is 4.90 Å². The summed E-state index contributed by atoms with van der Waals surface area (Å²) in [5, 5.41) is 8.16. The van der Waals surface area contributed by atoms with E-state index in [9.17, 15) is 0 Å². The van der Waals surface area contributed by atoms with Crippen LogP contribution in [0.4, 0.5) is 5.82 Å². The van der Waals surface area contributed by atoms with Crippen LogP contribution in [0, 0.1) is 0 Å². The Balaban J connectivity index is 2.07. The maximum Gasteiger partial charge on any atom is 0.156 e. The number of aryl methyl sites for hydroxylation is 1. The maximum atomic E-state index is 7.40. The second-order valence-corrected chi connectivity index (χ2v) is 4.49. The van der Waals surface area contributed by atoms with Gasteiger partial charge in [-0.1, -0.05) is 0 Å². The normalized spacial score (nSPS) is 14.0. The Kier molecular flexibility index (Phi) is 2.36. The van der Waals surface area contributed by atoms with Crippen molar-refractivity contribution in [2.24, 2.45) is 6.98 Å². The molecule has 0 atom stereocenters. The molecule has 0 radical (unpaired) electrons. The van der Waals surface area contributed by atoms with E-state index in [0.29, 0.717) is 0 Å². The summed E-state index contributed by atoms with van der Waals surface area (Å²) < 4.78 is 24.9. The third-order valence-corrected chi connectivity index (χ3v) is 3.36. The van der Waals surface area contributed by atoms with Crippen molar-refractivity contribution in [3.05, 3.63) is 31.0 Å². The first-order chi connectivity index (χ1) is 10.9. The van der Waals surface area contributed by atoms with Crippen molar-refractivity contribution in [1.29, 1.82) is 0 Å². The van der Waals surface area contributed by atoms with Gasteiger partial charge in [-0.2, -0.15) is 10.2 Å². The van der Waals surface area contributed by atoms with Gasteiger partial charge in [-0.25, -0.2) is 9.50 Å². The maximum absolute atomic E-state index is 7.40. The summed E-state index contributed by atoms with van der Waals surface area (Å²) in [6, 6.07) is 1.95. The van der Waals surface area contributed by atoms with E-state index in [4.69, 9.17) is 4.11 Å². The number of fused-ring (bicyclic) bond motifs is 1. The van der Waals surface area contributed by atoms with Crippen LogP contribution in [-0.4, -0.2) is 37.5 Å². The first-order valence-electron chi connectivity index (χ1n) is 8.08. The lowest BCUT2D eigenvalue weighted by molar-refractivity contribution is 0.768. The average molecular weight is 273 g/mol. The van der Waals surface area contributed by atoms with E-state index in [2.05, 4.69) is 33.9 Å². The fraction of sp³-hybridized carbons (Fsp3) is 0.357. The molecule has 0 fully saturated rings. The van der Waals surface area contributed by atoms with E-state index >= 15 is 0 Å². The second kappa shape index (κ2) is 4.96. The Hall–Kier alpha value is -2.37. The van der Waals surface area contributed by atoms with E-state index in [1.807, 2.05) is 12.3 Å². The van der Waals surface area contributed by atoms with Crippen LogP contribution in [0.3, 0.4) is 0 Å². The molecule has 0 spiro atoms. The van der Waals surface area contributed by atoms with E-state index < -0.39 is 6.98 Å². The van der Waals surface area contributed by atoms with Gasteiger partial charge in [-0.15, -0.1) is 0 Å². The van der Waals surface area contributed by atoms with Gasteiger partial charge in [0.25, 0.3) is 0 Å². The van der Waals surface area contributed by atoms with Gasteiger partial charge in [0, 0.05) is 47.7 Å². The quantitative estimate of drug-likeness (QED) is 0.729. The van der Waals surface area contributed by atoms with Crippen LogP contribution < -0.4 is 4.90 Å². The van der Waals surface area contributed by atoms with Crippen LogP contribution >= 0.6 is 0 Å². The third-order valence-electron chi connectivity index (χ3n) is 3.36. The van der Waals surface area contributed by atoms with E-state index in [-0.39, 0.29) is 0 Å². The summed E-state index contributed by atoms with van der Waals surface area (Å²) in [5.74, 6) is 0.861. The summed E-state index contributed by atoms with van der Waals surface area (Å²) >= 11 is 0. The number of nitrogens with zero attached hydrogens (tertiary/aromatic N) is 6. The molecule has 0 amide bonds. The predicted octanol–water partition coefficient (Wildman–Crippen LogP) is 1.98. The van der Waals surface area contributed by atoms with Crippen molar-refractivity contribution in [3.8, 4) is 11.1 Å². The molecule has 104 valence electrons. The third kappa shape index (κ3) is 2.03. The Bertz CT molecular complexity index is 815. The van der Waals surface area contributed by atoms with Gasteiger partial charge in [0.2, 0.25) is 0 Å². The lowest BCUT2D eigenvalue weighted by atomic mass is 10.2. The van der Waals surface area contributed by atoms with Gasteiger partial charge in [0.15, 0.2) is 5.82 Å². The highest BCUT2D eigenvalue weighted by atomic mass is 15.3. The Morgan fingerprint density at radius 2 is 2.05 bits per heavy atom. The zero-order valence-electron chi connectivity index (χ0n) is 14.5. The monoisotopic (exact) mass is 273 g/mol. The van der Waals surface area contributed by atoms with E-state index in [1.165, 1.54) is 12.5 Å². The number of hydrogen-bond donors (Lipinski definition) is 0. The molecule has 20 heavy (non-hydrogen) atoms. The van der Waals surface area contributed by atoms with Gasteiger partial charge in [-0.3, -0.25) is 4.68 Å². The largest absolute Gasteiger partial charge is 0.355 e. The van der Waals surface area contributed by atoms with Crippen LogP contribution in [0.5, 0.6) is 0 Å². The minimum absolute atomic E-state index is 0.733. The fourth-order valence-corrected chi connectivity index (χ4v) is 2.31. The predicted molar refractivity (Wildman–Crippen MR) is 78.8 cm³/mol. The Labute approximate surface area is 121 Å². The number of rotatable bonds is 4. The standard InChI is InChI=1S/C14H18N6/c1-4-19(5-2)14-13-6-11(9-20(13)17-10-15-14)12-7-16-18(3)8-12/h6-10H,4-5H2,1-3H3/i3D3. The second-order valence-electron chi connectivity index (χ2n) is 4.49. The van der Waals surface area contributed by atoms with Gasteiger partial charge >= 0.3 is 0 Å². The first-order valence-corrected chi connectivity index (χ1v) is 6.58. The van der Waals surface area contributed by atoms with Crippen molar-refractivity contribution >= 4 is 11.3 Å². The van der Waals surface area contributed by atoms with Crippen LogP contribution in [0.25, 0.3) is 16.6 Å². The molecule has 0 unspecified atom stereocenters. The Morgan fingerprint density at radius 3 is 2.75 bits per heavy atom. The summed E-state index contributed by atoms with van der Waals surface area (Å²) in [6.07, 6.45) is 6.44. The molecular formula is C14H18N6. The molecule has 0 aromatic carbocycles. The summed E-state index contributed by atoms with van der Waals surface area (Å²) in [7, 11) is 0. The molecule has 3 heterocycles. The molecule has 0 saturated carbocycles.